The van der Waals surface area contributed by atoms with E-state index in [2.05, 4.69) is 9.46 Å². The SMILES string of the molecule is COC(=O)[C@@H](NS(=O)(=O)c1ccc(Sc2ccc(Cl)c(Cl)c2)c([N+](=O)[O-])c1)C(C)C. The summed E-state index contributed by atoms with van der Waals surface area (Å²) < 4.78 is 32.3. The van der Waals surface area contributed by atoms with Gasteiger partial charge in [0.05, 0.1) is 31.9 Å². The lowest BCUT2D eigenvalue weighted by atomic mass is 10.1. The number of nitro groups is 1. The molecule has 2 rings (SSSR count). The summed E-state index contributed by atoms with van der Waals surface area (Å²) in [7, 11) is -3.08. The molecule has 0 saturated carbocycles. The number of nitrogens with one attached hydrogen (secondary N) is 1. The van der Waals surface area contributed by atoms with E-state index in [4.69, 9.17) is 23.2 Å². The van der Waals surface area contributed by atoms with Gasteiger partial charge in [-0.3, -0.25) is 14.9 Å². The maximum absolute atomic E-state index is 12.7. The summed E-state index contributed by atoms with van der Waals surface area (Å²) in [5, 5.41) is 12.2. The Morgan fingerprint density at radius 3 is 2.37 bits per heavy atom. The third-order valence-electron chi connectivity index (χ3n) is 3.96. The van der Waals surface area contributed by atoms with Crippen LogP contribution in [0.1, 0.15) is 13.8 Å². The highest BCUT2D eigenvalue weighted by Crippen LogP contribution is 2.38. The number of esters is 1. The summed E-state index contributed by atoms with van der Waals surface area (Å²) in [5.41, 5.74) is -0.409. The number of sulfonamides is 1. The third kappa shape index (κ3) is 5.86. The number of hydrogen-bond donors (Lipinski definition) is 1. The number of methoxy groups -OCH3 is 1. The highest BCUT2D eigenvalue weighted by molar-refractivity contribution is 7.99. The fraction of sp³-hybridized carbons (Fsp3) is 0.278. The van der Waals surface area contributed by atoms with Crippen LogP contribution in [0.15, 0.2) is 51.1 Å². The summed E-state index contributed by atoms with van der Waals surface area (Å²) in [4.78, 5) is 23.2. The van der Waals surface area contributed by atoms with Crippen LogP contribution in [0.25, 0.3) is 0 Å². The van der Waals surface area contributed by atoms with E-state index in [1.807, 2.05) is 0 Å². The minimum atomic E-state index is -4.22. The van der Waals surface area contributed by atoms with Gasteiger partial charge in [-0.25, -0.2) is 8.42 Å². The van der Waals surface area contributed by atoms with Crippen molar-refractivity contribution in [1.29, 1.82) is 0 Å². The average molecular weight is 493 g/mol. The number of nitrogens with zero attached hydrogens (tertiary/aromatic N) is 1. The summed E-state index contributed by atoms with van der Waals surface area (Å²) in [6, 6.07) is 7.10. The maximum Gasteiger partial charge on any atom is 0.324 e. The van der Waals surface area contributed by atoms with Gasteiger partial charge in [-0.05, 0) is 36.2 Å². The molecule has 0 radical (unpaired) electrons. The zero-order valence-corrected chi connectivity index (χ0v) is 19.2. The van der Waals surface area contributed by atoms with Crippen molar-refractivity contribution < 1.29 is 22.9 Å². The van der Waals surface area contributed by atoms with Gasteiger partial charge in [-0.2, -0.15) is 4.72 Å². The van der Waals surface area contributed by atoms with Crippen LogP contribution in [0.3, 0.4) is 0 Å². The van der Waals surface area contributed by atoms with Crippen LogP contribution in [0.5, 0.6) is 0 Å². The van der Waals surface area contributed by atoms with Gasteiger partial charge >= 0.3 is 5.97 Å². The average Bonchev–Trinajstić information content (AvgIpc) is 2.68. The monoisotopic (exact) mass is 492 g/mol. The first-order valence-corrected chi connectivity index (χ1v) is 11.5. The van der Waals surface area contributed by atoms with E-state index in [-0.39, 0.29) is 14.8 Å². The standard InChI is InChI=1S/C18H18Cl2N2O6S2/c1-10(2)17(18(23)28-3)21-30(26,27)12-5-7-16(15(9-12)22(24)25)29-11-4-6-13(19)14(20)8-11/h4-10,17,21H,1-3H3/t17-/m0/s1. The highest BCUT2D eigenvalue weighted by Gasteiger charge is 2.30. The second-order valence-electron chi connectivity index (χ2n) is 6.43. The molecule has 0 aliphatic rings. The van der Waals surface area contributed by atoms with E-state index in [0.29, 0.717) is 9.92 Å². The van der Waals surface area contributed by atoms with E-state index in [1.165, 1.54) is 12.1 Å². The zero-order chi connectivity index (χ0) is 22.6. The normalized spacial score (nSPS) is 12.6. The second-order valence-corrected chi connectivity index (χ2v) is 10.1. The molecule has 0 bridgehead atoms. The van der Waals surface area contributed by atoms with Crippen LogP contribution in [0.4, 0.5) is 5.69 Å². The van der Waals surface area contributed by atoms with Crippen molar-refractivity contribution in [2.24, 2.45) is 5.92 Å². The minimum Gasteiger partial charge on any atom is -0.468 e. The number of carbonyl (C=O) groups is 1. The molecule has 0 aromatic heterocycles. The van der Waals surface area contributed by atoms with Crippen LogP contribution in [-0.2, 0) is 19.6 Å². The van der Waals surface area contributed by atoms with Crippen molar-refractivity contribution in [2.45, 2.75) is 34.6 Å². The molecule has 0 amide bonds. The Morgan fingerprint density at radius 2 is 1.83 bits per heavy atom. The molecule has 8 nitrogen and oxygen atoms in total. The Balaban J connectivity index is 2.40. The first-order chi connectivity index (χ1) is 14.0. The predicted molar refractivity (Wildman–Crippen MR) is 115 cm³/mol. The molecule has 2 aromatic rings. The Bertz CT molecular complexity index is 1080. The number of hydrogen-bond acceptors (Lipinski definition) is 7. The van der Waals surface area contributed by atoms with Crippen molar-refractivity contribution >= 4 is 56.6 Å². The van der Waals surface area contributed by atoms with Gasteiger partial charge in [0, 0.05) is 11.0 Å². The summed E-state index contributed by atoms with van der Waals surface area (Å²) in [6.07, 6.45) is 0. The van der Waals surface area contributed by atoms with Crippen LogP contribution in [0, 0.1) is 16.0 Å². The van der Waals surface area contributed by atoms with Crippen LogP contribution in [0.2, 0.25) is 10.0 Å². The summed E-state index contributed by atoms with van der Waals surface area (Å²) in [6.45, 7) is 3.28. The molecule has 0 spiro atoms. The first kappa shape index (κ1) is 24.4. The number of nitro benzene ring substituents is 1. The van der Waals surface area contributed by atoms with E-state index in [0.717, 1.165) is 24.9 Å². The number of rotatable bonds is 8. The number of benzene rings is 2. The van der Waals surface area contributed by atoms with Gasteiger partial charge in [-0.15, -0.1) is 0 Å². The van der Waals surface area contributed by atoms with E-state index in [9.17, 15) is 23.3 Å². The zero-order valence-electron chi connectivity index (χ0n) is 16.1. The third-order valence-corrected chi connectivity index (χ3v) is 7.19. The molecule has 162 valence electrons. The fourth-order valence-electron chi connectivity index (χ4n) is 2.38. The Hall–Kier alpha value is -1.85. The second kappa shape index (κ2) is 9.97. The van der Waals surface area contributed by atoms with Crippen molar-refractivity contribution in [1.82, 2.24) is 4.72 Å². The van der Waals surface area contributed by atoms with Crippen molar-refractivity contribution in [3.05, 3.63) is 56.6 Å². The Labute approximate surface area is 188 Å². The molecule has 0 heterocycles. The largest absolute Gasteiger partial charge is 0.468 e. The quantitative estimate of drug-likeness (QED) is 0.326. The summed E-state index contributed by atoms with van der Waals surface area (Å²) >= 11 is 12.9. The topological polar surface area (TPSA) is 116 Å². The maximum atomic E-state index is 12.7. The van der Waals surface area contributed by atoms with E-state index < -0.39 is 38.6 Å². The van der Waals surface area contributed by atoms with Gasteiger partial charge < -0.3 is 4.74 Å². The lowest BCUT2D eigenvalue weighted by Crippen LogP contribution is -2.44. The first-order valence-electron chi connectivity index (χ1n) is 8.47. The Morgan fingerprint density at radius 1 is 1.17 bits per heavy atom. The van der Waals surface area contributed by atoms with Gasteiger partial charge in [0.2, 0.25) is 10.0 Å². The van der Waals surface area contributed by atoms with Crippen LogP contribution >= 0.6 is 35.0 Å². The van der Waals surface area contributed by atoms with Crippen molar-refractivity contribution in [2.75, 3.05) is 7.11 Å². The van der Waals surface area contributed by atoms with Crippen LogP contribution < -0.4 is 4.72 Å². The number of ether oxygens (including phenoxy) is 1. The molecule has 0 fully saturated rings. The smallest absolute Gasteiger partial charge is 0.324 e. The van der Waals surface area contributed by atoms with Crippen molar-refractivity contribution in [3.63, 3.8) is 0 Å². The minimum absolute atomic E-state index is 0.214. The molecular formula is C18H18Cl2N2O6S2. The van der Waals surface area contributed by atoms with Crippen molar-refractivity contribution in [3.8, 4) is 0 Å². The van der Waals surface area contributed by atoms with Gasteiger partial charge in [-0.1, -0.05) is 48.8 Å². The van der Waals surface area contributed by atoms with Crippen LogP contribution in [-0.4, -0.2) is 32.5 Å². The molecule has 1 N–H and O–H groups in total. The van der Waals surface area contributed by atoms with Gasteiger partial charge in [0.15, 0.2) is 0 Å². The lowest BCUT2D eigenvalue weighted by molar-refractivity contribution is -0.388. The van der Waals surface area contributed by atoms with E-state index >= 15 is 0 Å². The molecule has 0 aliphatic carbocycles. The summed E-state index contributed by atoms with van der Waals surface area (Å²) in [5.74, 6) is -1.15. The molecular weight excluding hydrogens is 475 g/mol. The fourth-order valence-corrected chi connectivity index (χ4v) is 5.04. The van der Waals surface area contributed by atoms with Gasteiger partial charge in [0.25, 0.3) is 5.69 Å². The molecule has 12 heteroatoms. The predicted octanol–water partition coefficient (Wildman–Crippen LogP) is 4.53. The van der Waals surface area contributed by atoms with Gasteiger partial charge in [0.1, 0.15) is 6.04 Å². The molecule has 1 atom stereocenters. The highest BCUT2D eigenvalue weighted by atomic mass is 35.5. The lowest BCUT2D eigenvalue weighted by Gasteiger charge is -2.19. The number of halogens is 2. The molecule has 2 aromatic carbocycles. The van der Waals surface area contributed by atoms with E-state index in [1.54, 1.807) is 32.0 Å². The molecule has 30 heavy (non-hydrogen) atoms. The molecule has 0 unspecified atom stereocenters. The molecule has 0 saturated heterocycles. The molecule has 0 aliphatic heterocycles. The Kier molecular flexibility index (Phi) is 8.12. The number of carbonyl (C=O) groups excluding carboxylic acids is 1.